The molecule has 12 aromatic rings. The summed E-state index contributed by atoms with van der Waals surface area (Å²) >= 11 is 0. The molecular weight excluding hydrogens is 787 g/mol. The number of nitrogens with zero attached hydrogens (tertiary/aromatic N) is 3. The maximum absolute atomic E-state index is 10.2. The van der Waals surface area contributed by atoms with E-state index >= 15 is 0 Å². The third kappa shape index (κ3) is 6.43. The second kappa shape index (κ2) is 15.6. The zero-order valence-corrected chi connectivity index (χ0v) is 35.8. The highest BCUT2D eigenvalue weighted by Crippen LogP contribution is 2.44. The molecule has 0 fully saturated rings. The van der Waals surface area contributed by atoms with Crippen LogP contribution in [0.25, 0.3) is 111 Å². The molecule has 2 heterocycles. The Morgan fingerprint density at radius 1 is 0.323 bits per heavy atom. The maximum Gasteiger partial charge on any atom is 0.0991 e. The highest BCUT2D eigenvalue weighted by molar-refractivity contribution is 6.13. The van der Waals surface area contributed by atoms with Crippen LogP contribution in [-0.2, 0) is 0 Å². The van der Waals surface area contributed by atoms with Crippen molar-refractivity contribution in [2.75, 3.05) is 0 Å². The van der Waals surface area contributed by atoms with Gasteiger partial charge in [0.15, 0.2) is 0 Å². The molecule has 0 radical (unpaired) electrons. The molecule has 0 aliphatic rings. The van der Waals surface area contributed by atoms with Gasteiger partial charge in [-0.05, 0) is 105 Å². The van der Waals surface area contributed by atoms with Crippen molar-refractivity contribution >= 4 is 43.6 Å². The van der Waals surface area contributed by atoms with Crippen LogP contribution in [0.1, 0.15) is 11.1 Å². The van der Waals surface area contributed by atoms with Crippen LogP contribution in [0.5, 0.6) is 0 Å². The quantitative estimate of drug-likeness (QED) is 0.158. The first-order valence-corrected chi connectivity index (χ1v) is 22.1. The lowest BCUT2D eigenvalue weighted by molar-refractivity contribution is 1.10. The van der Waals surface area contributed by atoms with Gasteiger partial charge in [-0.2, -0.15) is 5.26 Å². The summed E-state index contributed by atoms with van der Waals surface area (Å²) in [6.07, 6.45) is 0. The first kappa shape index (κ1) is 38.0. The topological polar surface area (TPSA) is 33.6 Å². The fraction of sp³-hybridized carbons (Fsp3) is 0.0161. The van der Waals surface area contributed by atoms with Crippen LogP contribution in [-0.4, -0.2) is 9.13 Å². The second-order valence-corrected chi connectivity index (χ2v) is 16.9. The third-order valence-electron chi connectivity index (χ3n) is 13.1. The van der Waals surface area contributed by atoms with Crippen LogP contribution in [0.2, 0.25) is 0 Å². The lowest BCUT2D eigenvalue weighted by Gasteiger charge is -2.22. The van der Waals surface area contributed by atoms with Crippen molar-refractivity contribution in [1.29, 1.82) is 5.26 Å². The molecule has 0 amide bonds. The van der Waals surface area contributed by atoms with Crippen LogP contribution in [0.3, 0.4) is 0 Å². The molecule has 0 unspecified atom stereocenters. The number of benzene rings is 10. The summed E-state index contributed by atoms with van der Waals surface area (Å²) in [6, 6.07) is 85.2. The Bertz CT molecular complexity index is 3620. The van der Waals surface area contributed by atoms with Crippen molar-refractivity contribution in [1.82, 2.24) is 9.13 Å². The monoisotopic (exact) mass is 827 g/mol. The van der Waals surface area contributed by atoms with Gasteiger partial charge in [-0.25, -0.2) is 0 Å². The molecule has 0 atom stereocenters. The van der Waals surface area contributed by atoms with Crippen molar-refractivity contribution in [2.45, 2.75) is 6.92 Å². The number of aromatic nitrogens is 2. The first-order chi connectivity index (χ1) is 32.1. The van der Waals surface area contributed by atoms with Crippen molar-refractivity contribution in [3.05, 3.63) is 242 Å². The third-order valence-corrected chi connectivity index (χ3v) is 13.1. The molecule has 10 aromatic carbocycles. The summed E-state index contributed by atoms with van der Waals surface area (Å²) in [4.78, 5) is 0. The Labute approximate surface area is 378 Å². The fourth-order valence-electron chi connectivity index (χ4n) is 9.99. The van der Waals surface area contributed by atoms with E-state index in [-0.39, 0.29) is 0 Å². The molecule has 0 saturated heterocycles. The summed E-state index contributed by atoms with van der Waals surface area (Å²) in [5.74, 6) is 0. The van der Waals surface area contributed by atoms with Gasteiger partial charge < -0.3 is 9.13 Å². The van der Waals surface area contributed by atoms with Gasteiger partial charge in [-0.1, -0.05) is 188 Å². The molecule has 3 heteroatoms. The van der Waals surface area contributed by atoms with Gasteiger partial charge in [0.05, 0.1) is 45.1 Å². The van der Waals surface area contributed by atoms with Crippen molar-refractivity contribution in [3.8, 4) is 73.1 Å². The molecule has 12 rings (SSSR count). The fourth-order valence-corrected chi connectivity index (χ4v) is 9.99. The molecule has 0 aliphatic heterocycles. The summed E-state index contributed by atoms with van der Waals surface area (Å²) in [5.41, 5.74) is 19.8. The summed E-state index contributed by atoms with van der Waals surface area (Å²) in [6.45, 7) is 2.28. The standard InChI is InChI=1S/C62H41N3/c1-41-57(64-58-36-47(43-16-6-2-7-17-43)25-29-53(58)54-30-26-48(37-59(54)64)44-18-8-3-9-19-44)34-33-52(51-24-14-15-42(35-51)40-63)62(41)65-60-38-49(45-20-10-4-11-21-45)27-31-55(60)56-32-28-50(39-61(56)65)46-22-12-5-13-23-46/h2-39H,1H3. The molecule has 65 heavy (non-hydrogen) atoms. The van der Waals surface area contributed by atoms with E-state index in [0.717, 1.165) is 83.5 Å². The van der Waals surface area contributed by atoms with E-state index in [4.69, 9.17) is 0 Å². The molecule has 3 nitrogen and oxygen atoms in total. The van der Waals surface area contributed by atoms with Crippen molar-refractivity contribution in [2.24, 2.45) is 0 Å². The van der Waals surface area contributed by atoms with Gasteiger partial charge in [0.1, 0.15) is 0 Å². The predicted octanol–water partition coefficient (Wildman–Crippen LogP) is 16.4. The van der Waals surface area contributed by atoms with E-state index in [1.54, 1.807) is 0 Å². The number of hydrogen-bond donors (Lipinski definition) is 0. The van der Waals surface area contributed by atoms with E-state index < -0.39 is 0 Å². The molecule has 0 spiro atoms. The van der Waals surface area contributed by atoms with E-state index in [1.807, 2.05) is 18.2 Å². The van der Waals surface area contributed by atoms with E-state index in [1.165, 1.54) is 32.7 Å². The van der Waals surface area contributed by atoms with Gasteiger partial charge in [0.2, 0.25) is 0 Å². The lowest BCUT2D eigenvalue weighted by Crippen LogP contribution is -2.06. The number of nitriles is 1. The van der Waals surface area contributed by atoms with Crippen LogP contribution >= 0.6 is 0 Å². The van der Waals surface area contributed by atoms with E-state index in [0.29, 0.717) is 5.56 Å². The number of fused-ring (bicyclic) bond motifs is 6. The number of rotatable bonds is 7. The van der Waals surface area contributed by atoms with Crippen LogP contribution in [0.15, 0.2) is 231 Å². The molecular formula is C62H41N3. The molecule has 0 bridgehead atoms. The summed E-state index contributed by atoms with van der Waals surface area (Å²) in [7, 11) is 0. The maximum atomic E-state index is 10.2. The zero-order chi connectivity index (χ0) is 43.4. The van der Waals surface area contributed by atoms with E-state index in [9.17, 15) is 5.26 Å². The normalized spacial score (nSPS) is 11.4. The van der Waals surface area contributed by atoms with Gasteiger partial charge in [0.25, 0.3) is 0 Å². The minimum Gasteiger partial charge on any atom is -0.309 e. The Morgan fingerprint density at radius 2 is 0.692 bits per heavy atom. The molecule has 304 valence electrons. The number of hydrogen-bond acceptors (Lipinski definition) is 1. The van der Waals surface area contributed by atoms with Crippen molar-refractivity contribution in [3.63, 3.8) is 0 Å². The van der Waals surface area contributed by atoms with Crippen LogP contribution in [0, 0.1) is 18.3 Å². The molecule has 0 saturated carbocycles. The largest absolute Gasteiger partial charge is 0.309 e. The highest BCUT2D eigenvalue weighted by atomic mass is 15.0. The van der Waals surface area contributed by atoms with E-state index in [2.05, 4.69) is 234 Å². The zero-order valence-electron chi connectivity index (χ0n) is 35.8. The first-order valence-electron chi connectivity index (χ1n) is 22.1. The average Bonchev–Trinajstić information content (AvgIpc) is 3.88. The molecule has 0 aliphatic carbocycles. The Kier molecular flexibility index (Phi) is 9.11. The average molecular weight is 828 g/mol. The molecule has 0 N–H and O–H groups in total. The molecule has 2 aromatic heterocycles. The highest BCUT2D eigenvalue weighted by Gasteiger charge is 2.24. The predicted molar refractivity (Wildman–Crippen MR) is 272 cm³/mol. The minimum atomic E-state index is 0.624. The van der Waals surface area contributed by atoms with Gasteiger partial charge >= 0.3 is 0 Å². The Hall–Kier alpha value is -8.71. The second-order valence-electron chi connectivity index (χ2n) is 16.9. The Morgan fingerprint density at radius 3 is 1.08 bits per heavy atom. The van der Waals surface area contributed by atoms with Crippen LogP contribution in [0.4, 0.5) is 0 Å². The van der Waals surface area contributed by atoms with Crippen molar-refractivity contribution < 1.29 is 0 Å². The lowest BCUT2D eigenvalue weighted by atomic mass is 9.96. The van der Waals surface area contributed by atoms with Crippen LogP contribution < -0.4 is 0 Å². The Balaban J connectivity index is 1.22. The smallest absolute Gasteiger partial charge is 0.0991 e. The van der Waals surface area contributed by atoms with Gasteiger partial charge in [0, 0.05) is 27.1 Å². The summed E-state index contributed by atoms with van der Waals surface area (Å²) in [5, 5.41) is 14.9. The van der Waals surface area contributed by atoms with Gasteiger partial charge in [-0.3, -0.25) is 0 Å². The van der Waals surface area contributed by atoms with Gasteiger partial charge in [-0.15, -0.1) is 0 Å². The minimum absolute atomic E-state index is 0.624. The SMILES string of the molecule is Cc1c(-n2c3cc(-c4ccccc4)ccc3c3ccc(-c4ccccc4)cc32)ccc(-c2cccc(C#N)c2)c1-n1c2cc(-c3ccccc3)ccc2c2ccc(-c3ccccc3)cc21. The summed E-state index contributed by atoms with van der Waals surface area (Å²) < 4.78 is 4.98.